The van der Waals surface area contributed by atoms with Crippen molar-refractivity contribution in [2.24, 2.45) is 0 Å². The van der Waals surface area contributed by atoms with Crippen LogP contribution in [0.15, 0.2) is 41.3 Å². The van der Waals surface area contributed by atoms with Crippen LogP contribution in [0.25, 0.3) is 4.85 Å². The molecule has 1 N–H and O–H groups in total. The highest BCUT2D eigenvalue weighted by atomic mass is 31.2. The average molecular weight is 531 g/mol. The largest absolute Gasteiger partial charge is 0.352 e. The minimum atomic E-state index is -1.52. The molecule has 1 amide bonds. The van der Waals surface area contributed by atoms with Gasteiger partial charge in [0.2, 0.25) is 6.54 Å². The Labute approximate surface area is 221 Å². The summed E-state index contributed by atoms with van der Waals surface area (Å²) in [6, 6.07) is 8.96. The Morgan fingerprint density at radius 2 is 2.05 bits per heavy atom. The fraction of sp³-hybridized carbons (Fsp3) is 0.538. The number of hydrogen-bond donors (Lipinski definition) is 1. The lowest BCUT2D eigenvalue weighted by atomic mass is 10.2. The number of anilines is 1. The van der Waals surface area contributed by atoms with E-state index in [-0.39, 0.29) is 43.9 Å². The molecule has 11 heteroatoms. The lowest BCUT2D eigenvalue weighted by Gasteiger charge is -2.36. The maximum Gasteiger partial charge on any atom is 0.351 e. The van der Waals surface area contributed by atoms with Crippen LogP contribution in [0.3, 0.4) is 0 Å². The van der Waals surface area contributed by atoms with E-state index < -0.39 is 32.7 Å². The molecule has 200 valence electrons. The zero-order chi connectivity index (χ0) is 27.8. The van der Waals surface area contributed by atoms with Crippen LogP contribution < -0.4 is 11.0 Å². The van der Waals surface area contributed by atoms with E-state index in [1.807, 2.05) is 6.07 Å². The van der Waals surface area contributed by atoms with Crippen molar-refractivity contribution in [3.63, 3.8) is 0 Å². The van der Waals surface area contributed by atoms with E-state index in [1.165, 1.54) is 4.57 Å². The van der Waals surface area contributed by atoms with E-state index >= 15 is 0 Å². The molecule has 1 aliphatic rings. The predicted octanol–water partition coefficient (Wildman–Crippen LogP) is 4.78. The topological polar surface area (TPSA) is 99.3 Å². The Balaban J connectivity index is 1.78. The van der Waals surface area contributed by atoms with Crippen molar-refractivity contribution in [1.82, 2.24) is 14.2 Å². The van der Waals surface area contributed by atoms with Gasteiger partial charge in [-0.15, -0.1) is 0 Å². The zero-order valence-electron chi connectivity index (χ0n) is 23.0. The number of ether oxygens (including phenoxy) is 1. The zero-order valence-corrected chi connectivity index (χ0v) is 22.9. The van der Waals surface area contributed by atoms with Crippen molar-refractivity contribution < 1.29 is 19.9 Å². The molecule has 1 fully saturated rings. The first kappa shape index (κ1) is 27.4. The van der Waals surface area contributed by atoms with Gasteiger partial charge in [-0.05, 0) is 53.7 Å². The maximum atomic E-state index is 13.0. The molecular weight excluding hydrogens is 493 g/mol. The summed E-state index contributed by atoms with van der Waals surface area (Å²) >= 11 is 0. The van der Waals surface area contributed by atoms with Gasteiger partial charge in [-0.2, -0.15) is 4.98 Å². The van der Waals surface area contributed by atoms with Gasteiger partial charge in [0.1, 0.15) is 18.7 Å². The monoisotopic (exact) mass is 530 g/mol. The lowest BCUT2D eigenvalue weighted by molar-refractivity contribution is -0.00868. The molecule has 1 unspecified atom stereocenters. The Bertz CT molecular complexity index is 1160. The van der Waals surface area contributed by atoms with Crippen LogP contribution in [0.5, 0.6) is 0 Å². The molecule has 3 rings (SSSR count). The summed E-state index contributed by atoms with van der Waals surface area (Å²) in [4.78, 5) is 33.0. The summed E-state index contributed by atoms with van der Waals surface area (Å²) in [6.07, 6.45) is 0.198. The van der Waals surface area contributed by atoms with Gasteiger partial charge in [0.15, 0.2) is 0 Å². The molecule has 4 atom stereocenters. The molecule has 10 nitrogen and oxygen atoms in total. The smallest absolute Gasteiger partial charge is 0.351 e. The summed E-state index contributed by atoms with van der Waals surface area (Å²) in [5.74, 6) is -0.172. The first-order chi connectivity index (χ1) is 18.2. The molecule has 0 spiro atoms. The number of carbonyl (C=O) groups excluding carboxylic acids is 1. The van der Waals surface area contributed by atoms with Gasteiger partial charge in [-0.25, -0.2) is 16.0 Å². The molecule has 37 heavy (non-hydrogen) atoms. The second-order valence-corrected chi connectivity index (χ2v) is 10.7. The number of carbonyl (C=O) groups is 1. The van der Waals surface area contributed by atoms with Gasteiger partial charge in [-0.3, -0.25) is 9.36 Å². The number of nitrogens with one attached hydrogen (secondary N) is 1. The van der Waals surface area contributed by atoms with E-state index in [0.717, 1.165) is 0 Å². The summed E-state index contributed by atoms with van der Waals surface area (Å²) in [7, 11) is -1.52. The Morgan fingerprint density at radius 1 is 1.35 bits per heavy atom. The van der Waals surface area contributed by atoms with E-state index in [4.69, 9.17) is 21.7 Å². The Hall–Kier alpha value is -2.67. The van der Waals surface area contributed by atoms with Crippen molar-refractivity contribution in [2.45, 2.75) is 78.5 Å². The van der Waals surface area contributed by atoms with E-state index in [2.05, 4.69) is 47.5 Å². The minimum absolute atomic E-state index is 0.0534. The second-order valence-electron chi connectivity index (χ2n) is 9.31. The number of rotatable bonds is 11. The third kappa shape index (κ3) is 7.44. The van der Waals surface area contributed by atoms with Crippen molar-refractivity contribution in [3.8, 4) is 0 Å². The van der Waals surface area contributed by atoms with Crippen molar-refractivity contribution in [2.75, 3.05) is 18.5 Å². The van der Waals surface area contributed by atoms with Gasteiger partial charge in [0, 0.05) is 37.2 Å². The molecule has 0 aliphatic carbocycles. The van der Waals surface area contributed by atoms with Crippen LogP contribution in [0.1, 0.15) is 64.5 Å². The van der Waals surface area contributed by atoms with Gasteiger partial charge >= 0.3 is 5.69 Å². The van der Waals surface area contributed by atoms with Gasteiger partial charge in [-0.1, -0.05) is 18.2 Å². The van der Waals surface area contributed by atoms with Gasteiger partial charge in [0.05, 0.1) is 12.2 Å². The van der Waals surface area contributed by atoms with Gasteiger partial charge in [0.25, 0.3) is 14.4 Å². The quantitative estimate of drug-likeness (QED) is 0.254. The summed E-state index contributed by atoms with van der Waals surface area (Å²) in [5.41, 5.74) is 0.483. The molecular formula is C26H36N5O5P. The highest BCUT2D eigenvalue weighted by molar-refractivity contribution is 7.44. The molecule has 2 heterocycles. The predicted molar refractivity (Wildman–Crippen MR) is 143 cm³/mol. The Kier molecular flexibility index (Phi) is 9.78. The van der Waals surface area contributed by atoms with Gasteiger partial charge < -0.3 is 23.9 Å². The molecule has 1 saturated heterocycles. The van der Waals surface area contributed by atoms with Crippen LogP contribution >= 0.6 is 8.53 Å². The molecule has 2 aromatic rings. The summed E-state index contributed by atoms with van der Waals surface area (Å²) in [5, 5.41) is 2.70. The normalized spacial score (nSPS) is 20.7. The Morgan fingerprint density at radius 3 is 2.68 bits per heavy atom. The average Bonchev–Trinajstić information content (AvgIpc) is 3.28. The van der Waals surface area contributed by atoms with E-state index in [0.29, 0.717) is 17.5 Å². The van der Waals surface area contributed by atoms with Crippen molar-refractivity contribution in [1.29, 1.82) is 0 Å². The SMILES string of the molecule is [2H]C[C@H]1O[C@@H](n2cc(C)c(NC(=O)c3ccccc3)nc2=O)C[C@@H]1OP(OCC[N+]#[C-])N(C(C)C)C(C)C. The molecule has 1 aliphatic heterocycles. The molecule has 1 aromatic carbocycles. The van der Waals surface area contributed by atoms with E-state index in [1.54, 1.807) is 37.4 Å². The minimum Gasteiger partial charge on any atom is -0.352 e. The van der Waals surface area contributed by atoms with Crippen LogP contribution in [0, 0.1) is 13.5 Å². The number of aromatic nitrogens is 2. The van der Waals surface area contributed by atoms with Crippen LogP contribution in [0.4, 0.5) is 5.82 Å². The molecule has 0 bridgehead atoms. The number of aryl methyl sites for hydroxylation is 1. The number of hydrogen-bond acceptors (Lipinski definition) is 7. The fourth-order valence-electron chi connectivity index (χ4n) is 4.06. The molecule has 0 radical (unpaired) electrons. The molecule has 0 saturated carbocycles. The lowest BCUT2D eigenvalue weighted by Crippen LogP contribution is -2.35. The highest BCUT2D eigenvalue weighted by Crippen LogP contribution is 2.49. The highest BCUT2D eigenvalue weighted by Gasteiger charge is 2.39. The van der Waals surface area contributed by atoms with Crippen LogP contribution in [-0.4, -0.2) is 57.6 Å². The third-order valence-corrected chi connectivity index (χ3v) is 7.93. The first-order valence-corrected chi connectivity index (χ1v) is 13.4. The first-order valence-electron chi connectivity index (χ1n) is 13.0. The summed E-state index contributed by atoms with van der Waals surface area (Å²) in [6.45, 7) is 17.4. The van der Waals surface area contributed by atoms with Crippen LogP contribution in [0.2, 0.25) is 0 Å². The third-order valence-electron chi connectivity index (χ3n) is 5.77. The number of benzene rings is 1. The number of amides is 1. The number of nitrogens with zero attached hydrogens (tertiary/aromatic N) is 4. The maximum absolute atomic E-state index is 13.0. The van der Waals surface area contributed by atoms with E-state index in [9.17, 15) is 9.59 Å². The summed E-state index contributed by atoms with van der Waals surface area (Å²) < 4.78 is 30.0. The van der Waals surface area contributed by atoms with Crippen molar-refractivity contribution >= 4 is 20.3 Å². The fourth-order valence-corrected chi connectivity index (χ4v) is 5.81. The van der Waals surface area contributed by atoms with Crippen LogP contribution in [-0.2, 0) is 13.8 Å². The molecule has 1 aromatic heterocycles. The standard InChI is InChI=1S/C26H36N5O5P/c1-17(2)31(18(3)4)37(34-14-13-27-7)36-22-15-23(35-20(22)6)30-16-19(5)24(29-26(30)33)28-25(32)21-11-9-8-10-12-21/h8-12,16-18,20,22-23H,13-15H2,1-6H3,(H,28,29,32,33)/t20-,22+,23-,37?/m1/s1/i6D. The second kappa shape index (κ2) is 13.2. The van der Waals surface area contributed by atoms with Crippen molar-refractivity contribution in [3.05, 3.63) is 69.6 Å².